The van der Waals surface area contributed by atoms with Gasteiger partial charge in [0.2, 0.25) is 5.82 Å². The lowest BCUT2D eigenvalue weighted by molar-refractivity contribution is -0.145. The standard InChI is InChI=1S/C10H13F3N2O2/c1-5(16)8(6(2)17)7-3-14-9(15-4-7)10(11,12)13/h3-6,8,16-17H,1-2H3. The molecule has 0 aliphatic rings. The second kappa shape index (κ2) is 4.97. The lowest BCUT2D eigenvalue weighted by Crippen LogP contribution is -2.26. The molecule has 0 fully saturated rings. The van der Waals surface area contributed by atoms with Crippen LogP contribution in [-0.4, -0.2) is 32.4 Å². The fourth-order valence-electron chi connectivity index (χ4n) is 1.62. The minimum Gasteiger partial charge on any atom is -0.393 e. The van der Waals surface area contributed by atoms with Crippen LogP contribution in [0.3, 0.4) is 0 Å². The number of hydrogen-bond donors (Lipinski definition) is 2. The molecule has 0 aliphatic heterocycles. The molecular formula is C10H13F3N2O2. The molecule has 1 rings (SSSR count). The van der Waals surface area contributed by atoms with Crippen molar-refractivity contribution >= 4 is 0 Å². The number of aromatic nitrogens is 2. The summed E-state index contributed by atoms with van der Waals surface area (Å²) in [5.41, 5.74) is 0.267. The Hall–Kier alpha value is -1.21. The normalized spacial score (nSPS) is 17.6. The summed E-state index contributed by atoms with van der Waals surface area (Å²) < 4.78 is 36.6. The number of nitrogens with zero attached hydrogens (tertiary/aromatic N) is 2. The molecule has 2 N–H and O–H groups in total. The van der Waals surface area contributed by atoms with Crippen molar-refractivity contribution in [3.8, 4) is 0 Å². The molecule has 0 spiro atoms. The monoisotopic (exact) mass is 250 g/mol. The highest BCUT2D eigenvalue weighted by Gasteiger charge is 2.35. The van der Waals surface area contributed by atoms with E-state index in [4.69, 9.17) is 0 Å². The van der Waals surface area contributed by atoms with E-state index in [1.807, 2.05) is 0 Å². The minimum atomic E-state index is -4.59. The Labute approximate surface area is 96.1 Å². The summed E-state index contributed by atoms with van der Waals surface area (Å²) in [5.74, 6) is -1.95. The molecule has 1 aromatic heterocycles. The molecule has 0 saturated carbocycles. The van der Waals surface area contributed by atoms with Crippen molar-refractivity contribution in [3.63, 3.8) is 0 Å². The Morgan fingerprint density at radius 2 is 1.47 bits per heavy atom. The third kappa shape index (κ3) is 3.37. The molecule has 0 bridgehead atoms. The molecule has 0 aliphatic carbocycles. The predicted molar refractivity (Wildman–Crippen MR) is 53.1 cm³/mol. The maximum absolute atomic E-state index is 12.2. The molecule has 0 radical (unpaired) electrons. The summed E-state index contributed by atoms with van der Waals surface area (Å²) in [7, 11) is 0. The van der Waals surface area contributed by atoms with Gasteiger partial charge in [0.05, 0.1) is 12.2 Å². The number of aliphatic hydroxyl groups excluding tert-OH is 2. The third-order valence-electron chi connectivity index (χ3n) is 2.35. The summed E-state index contributed by atoms with van der Waals surface area (Å²) >= 11 is 0. The van der Waals surface area contributed by atoms with Crippen LogP contribution < -0.4 is 0 Å². The van der Waals surface area contributed by atoms with Crippen molar-refractivity contribution in [2.24, 2.45) is 0 Å². The van der Waals surface area contributed by atoms with E-state index in [0.29, 0.717) is 0 Å². The smallest absolute Gasteiger partial charge is 0.393 e. The number of rotatable bonds is 3. The summed E-state index contributed by atoms with van der Waals surface area (Å²) in [6, 6.07) is 0. The van der Waals surface area contributed by atoms with E-state index >= 15 is 0 Å². The topological polar surface area (TPSA) is 66.2 Å². The highest BCUT2D eigenvalue weighted by molar-refractivity contribution is 5.15. The van der Waals surface area contributed by atoms with Gasteiger partial charge in [-0.25, -0.2) is 9.97 Å². The number of halogens is 3. The van der Waals surface area contributed by atoms with E-state index in [2.05, 4.69) is 9.97 Å². The van der Waals surface area contributed by atoms with Gasteiger partial charge in [0.25, 0.3) is 0 Å². The summed E-state index contributed by atoms with van der Waals surface area (Å²) in [6.45, 7) is 2.88. The van der Waals surface area contributed by atoms with Crippen LogP contribution in [0.4, 0.5) is 13.2 Å². The molecule has 7 heteroatoms. The lowest BCUT2D eigenvalue weighted by Gasteiger charge is -2.22. The van der Waals surface area contributed by atoms with Crippen molar-refractivity contribution in [3.05, 3.63) is 23.8 Å². The average Bonchev–Trinajstić information content (AvgIpc) is 2.15. The zero-order valence-corrected chi connectivity index (χ0v) is 9.31. The van der Waals surface area contributed by atoms with Gasteiger partial charge in [-0.2, -0.15) is 13.2 Å². The Morgan fingerprint density at radius 3 is 1.76 bits per heavy atom. The van der Waals surface area contributed by atoms with Crippen LogP contribution in [-0.2, 0) is 6.18 Å². The number of alkyl halides is 3. The van der Waals surface area contributed by atoms with Crippen LogP contribution in [0, 0.1) is 0 Å². The number of hydrogen-bond acceptors (Lipinski definition) is 4. The Kier molecular flexibility index (Phi) is 4.05. The molecule has 0 amide bonds. The molecule has 1 heterocycles. The van der Waals surface area contributed by atoms with Crippen LogP contribution in [0.2, 0.25) is 0 Å². The first-order chi connectivity index (χ1) is 7.73. The van der Waals surface area contributed by atoms with Crippen LogP contribution >= 0.6 is 0 Å². The van der Waals surface area contributed by atoms with Crippen molar-refractivity contribution in [2.45, 2.75) is 38.1 Å². The van der Waals surface area contributed by atoms with E-state index in [1.54, 1.807) is 0 Å². The first-order valence-electron chi connectivity index (χ1n) is 4.98. The first kappa shape index (κ1) is 13.9. The fraction of sp³-hybridized carbons (Fsp3) is 0.600. The Balaban J connectivity index is 3.01. The second-order valence-corrected chi connectivity index (χ2v) is 3.84. The van der Waals surface area contributed by atoms with E-state index < -0.39 is 30.1 Å². The van der Waals surface area contributed by atoms with Crippen LogP contribution in [0.5, 0.6) is 0 Å². The van der Waals surface area contributed by atoms with Gasteiger partial charge in [-0.3, -0.25) is 0 Å². The zero-order valence-electron chi connectivity index (χ0n) is 9.31. The van der Waals surface area contributed by atoms with E-state index in [0.717, 1.165) is 12.4 Å². The van der Waals surface area contributed by atoms with Crippen molar-refractivity contribution in [1.82, 2.24) is 9.97 Å². The third-order valence-corrected chi connectivity index (χ3v) is 2.35. The average molecular weight is 250 g/mol. The molecule has 17 heavy (non-hydrogen) atoms. The molecular weight excluding hydrogens is 237 g/mol. The highest BCUT2D eigenvalue weighted by Crippen LogP contribution is 2.27. The summed E-state index contributed by atoms with van der Waals surface area (Å²) in [6.07, 6.45) is -4.46. The summed E-state index contributed by atoms with van der Waals surface area (Å²) in [5, 5.41) is 18.9. The molecule has 0 saturated heterocycles. The van der Waals surface area contributed by atoms with Crippen molar-refractivity contribution < 1.29 is 23.4 Å². The SMILES string of the molecule is CC(O)C(c1cnc(C(F)(F)F)nc1)C(C)O. The van der Waals surface area contributed by atoms with Crippen molar-refractivity contribution in [2.75, 3.05) is 0 Å². The number of aliphatic hydroxyl groups is 2. The molecule has 1 aromatic rings. The maximum Gasteiger partial charge on any atom is 0.451 e. The minimum absolute atomic E-state index is 0.267. The fourth-order valence-corrected chi connectivity index (χ4v) is 1.62. The van der Waals surface area contributed by atoms with Gasteiger partial charge < -0.3 is 10.2 Å². The summed E-state index contributed by atoms with van der Waals surface area (Å²) in [4.78, 5) is 6.35. The van der Waals surface area contributed by atoms with Gasteiger partial charge in [-0.05, 0) is 19.4 Å². The van der Waals surface area contributed by atoms with Crippen molar-refractivity contribution in [1.29, 1.82) is 0 Å². The van der Waals surface area contributed by atoms with Gasteiger partial charge in [0.15, 0.2) is 0 Å². The first-order valence-corrected chi connectivity index (χ1v) is 4.98. The quantitative estimate of drug-likeness (QED) is 0.849. The van der Waals surface area contributed by atoms with Gasteiger partial charge in [-0.15, -0.1) is 0 Å². The van der Waals surface area contributed by atoms with Crippen LogP contribution in [0.1, 0.15) is 31.2 Å². The Morgan fingerprint density at radius 1 is 1.06 bits per heavy atom. The van der Waals surface area contributed by atoms with E-state index in [-0.39, 0.29) is 5.56 Å². The van der Waals surface area contributed by atoms with Gasteiger partial charge in [0.1, 0.15) is 0 Å². The van der Waals surface area contributed by atoms with E-state index in [1.165, 1.54) is 13.8 Å². The molecule has 2 atom stereocenters. The predicted octanol–water partition coefficient (Wildman–Crippen LogP) is 1.34. The molecule has 2 unspecified atom stereocenters. The molecule has 96 valence electrons. The van der Waals surface area contributed by atoms with Gasteiger partial charge in [-0.1, -0.05) is 0 Å². The zero-order chi connectivity index (χ0) is 13.2. The lowest BCUT2D eigenvalue weighted by atomic mass is 9.92. The van der Waals surface area contributed by atoms with Crippen LogP contribution in [0.15, 0.2) is 12.4 Å². The van der Waals surface area contributed by atoms with Gasteiger partial charge in [0, 0.05) is 18.3 Å². The Bertz CT molecular complexity index is 355. The largest absolute Gasteiger partial charge is 0.451 e. The highest BCUT2D eigenvalue weighted by atomic mass is 19.4. The van der Waals surface area contributed by atoms with E-state index in [9.17, 15) is 23.4 Å². The van der Waals surface area contributed by atoms with Crippen LogP contribution in [0.25, 0.3) is 0 Å². The van der Waals surface area contributed by atoms with Gasteiger partial charge >= 0.3 is 6.18 Å². The molecule has 0 aromatic carbocycles. The maximum atomic E-state index is 12.2. The second-order valence-electron chi connectivity index (χ2n) is 3.84. The molecule has 4 nitrogen and oxygen atoms in total.